The van der Waals surface area contributed by atoms with Crippen molar-refractivity contribution in [1.29, 1.82) is 0 Å². The van der Waals surface area contributed by atoms with Crippen molar-refractivity contribution in [2.45, 2.75) is 25.2 Å². The van der Waals surface area contributed by atoms with Gasteiger partial charge >= 0.3 is 18.1 Å². The molecule has 1 aromatic rings. The highest BCUT2D eigenvalue weighted by Crippen LogP contribution is 2.21. The van der Waals surface area contributed by atoms with Crippen LogP contribution in [0.3, 0.4) is 0 Å². The molecule has 0 aliphatic carbocycles. The van der Waals surface area contributed by atoms with Gasteiger partial charge in [-0.2, -0.15) is 13.2 Å². The van der Waals surface area contributed by atoms with E-state index in [1.807, 2.05) is 0 Å². The Balaban J connectivity index is 3.03. The monoisotopic (exact) mass is 305 g/mol. The van der Waals surface area contributed by atoms with Crippen LogP contribution in [0, 0.1) is 6.92 Å². The van der Waals surface area contributed by atoms with E-state index in [4.69, 9.17) is 0 Å². The fraction of sp³-hybridized carbons (Fsp3) is 0.385. The Morgan fingerprint density at radius 3 is 2.43 bits per heavy atom. The van der Waals surface area contributed by atoms with Gasteiger partial charge in [0, 0.05) is 0 Å². The smallest absolute Gasteiger partial charge is 0.467 e. The van der Waals surface area contributed by atoms with E-state index in [9.17, 15) is 27.9 Å². The van der Waals surface area contributed by atoms with Gasteiger partial charge in [0.2, 0.25) is 0 Å². The Morgan fingerprint density at radius 2 is 1.95 bits per heavy atom. The Labute approximate surface area is 118 Å². The first-order chi connectivity index (χ1) is 9.66. The van der Waals surface area contributed by atoms with Crippen LogP contribution >= 0.6 is 0 Å². The molecule has 0 radical (unpaired) electrons. The van der Waals surface area contributed by atoms with Gasteiger partial charge in [-0.15, -0.1) is 0 Å². The molecule has 8 heteroatoms. The summed E-state index contributed by atoms with van der Waals surface area (Å²) in [6.45, 7) is 1.71. The van der Waals surface area contributed by atoms with E-state index >= 15 is 0 Å². The molecule has 2 N–H and O–H groups in total. The fourth-order valence-corrected chi connectivity index (χ4v) is 1.66. The molecule has 0 spiro atoms. The highest BCUT2D eigenvalue weighted by atomic mass is 19.4. The van der Waals surface area contributed by atoms with Gasteiger partial charge in [-0.25, -0.2) is 4.79 Å². The summed E-state index contributed by atoms with van der Waals surface area (Å²) < 4.78 is 41.1. The molecule has 21 heavy (non-hydrogen) atoms. The average molecular weight is 305 g/mol. The molecule has 1 amide bonds. The zero-order chi connectivity index (χ0) is 16.2. The number of hydrogen-bond acceptors (Lipinski definition) is 4. The minimum Gasteiger partial charge on any atom is -0.467 e. The second kappa shape index (κ2) is 6.57. The standard InChI is InChI=1S/C13H14F3NO4/c1-7-4-3-5-8(6-7)10(18)9(11(19)21-2)17-12(20)13(14,15)16/h3-6,9-10,18H,1-2H3,(H,17,20)/t9-,10+/m1/s1. The summed E-state index contributed by atoms with van der Waals surface area (Å²) in [5, 5.41) is 11.5. The van der Waals surface area contributed by atoms with Crippen LogP contribution in [0.2, 0.25) is 0 Å². The summed E-state index contributed by atoms with van der Waals surface area (Å²) in [7, 11) is 0.943. The number of carbonyl (C=O) groups excluding carboxylic acids is 2. The Hall–Kier alpha value is -2.09. The first kappa shape index (κ1) is 17.0. The van der Waals surface area contributed by atoms with Crippen LogP contribution in [0.4, 0.5) is 13.2 Å². The minimum atomic E-state index is -5.17. The maximum Gasteiger partial charge on any atom is 0.471 e. The summed E-state index contributed by atoms with van der Waals surface area (Å²) >= 11 is 0. The SMILES string of the molecule is COC(=O)[C@H](NC(=O)C(F)(F)F)[C@@H](O)c1cccc(C)c1. The van der Waals surface area contributed by atoms with Gasteiger partial charge in [0.05, 0.1) is 7.11 Å². The van der Waals surface area contributed by atoms with Crippen molar-refractivity contribution in [2.75, 3.05) is 7.11 Å². The van der Waals surface area contributed by atoms with Crippen molar-refractivity contribution in [1.82, 2.24) is 5.32 Å². The average Bonchev–Trinajstić information content (AvgIpc) is 2.41. The highest BCUT2D eigenvalue weighted by molar-refractivity contribution is 5.88. The second-order valence-electron chi connectivity index (χ2n) is 4.33. The van der Waals surface area contributed by atoms with Crippen LogP contribution in [-0.2, 0) is 14.3 Å². The van der Waals surface area contributed by atoms with E-state index in [1.165, 1.54) is 17.4 Å². The van der Waals surface area contributed by atoms with Crippen molar-refractivity contribution in [3.05, 3.63) is 35.4 Å². The van der Waals surface area contributed by atoms with E-state index in [1.54, 1.807) is 19.1 Å². The third-order valence-electron chi connectivity index (χ3n) is 2.70. The van der Waals surface area contributed by atoms with Crippen LogP contribution in [0.5, 0.6) is 0 Å². The first-order valence-electron chi connectivity index (χ1n) is 5.87. The lowest BCUT2D eigenvalue weighted by Crippen LogP contribution is -2.50. The van der Waals surface area contributed by atoms with E-state index in [0.717, 1.165) is 12.7 Å². The molecular weight excluding hydrogens is 291 g/mol. The normalized spacial score (nSPS) is 14.2. The van der Waals surface area contributed by atoms with Crippen LogP contribution in [0.15, 0.2) is 24.3 Å². The van der Waals surface area contributed by atoms with E-state index < -0.39 is 30.2 Å². The van der Waals surface area contributed by atoms with Crippen molar-refractivity contribution in [2.24, 2.45) is 0 Å². The molecule has 0 aromatic heterocycles. The van der Waals surface area contributed by atoms with Gasteiger partial charge in [0.15, 0.2) is 6.04 Å². The first-order valence-corrected chi connectivity index (χ1v) is 5.87. The second-order valence-corrected chi connectivity index (χ2v) is 4.33. The third-order valence-corrected chi connectivity index (χ3v) is 2.70. The van der Waals surface area contributed by atoms with Gasteiger partial charge in [-0.1, -0.05) is 29.8 Å². The lowest BCUT2D eigenvalue weighted by Gasteiger charge is -2.23. The number of ether oxygens (including phenoxy) is 1. The number of aliphatic hydroxyl groups excluding tert-OH is 1. The predicted octanol–water partition coefficient (Wildman–Crippen LogP) is 1.25. The molecule has 1 rings (SSSR count). The van der Waals surface area contributed by atoms with Crippen LogP contribution in [-0.4, -0.2) is 36.3 Å². The predicted molar refractivity (Wildman–Crippen MR) is 66.1 cm³/mol. The number of aryl methyl sites for hydroxylation is 1. The number of amides is 1. The van der Waals surface area contributed by atoms with E-state index in [-0.39, 0.29) is 5.56 Å². The molecule has 0 bridgehead atoms. The number of methoxy groups -OCH3 is 1. The molecular formula is C13H14F3NO4. The van der Waals surface area contributed by atoms with Crippen LogP contribution in [0.1, 0.15) is 17.2 Å². The van der Waals surface area contributed by atoms with E-state index in [2.05, 4.69) is 4.74 Å². The van der Waals surface area contributed by atoms with Crippen LogP contribution < -0.4 is 5.32 Å². The van der Waals surface area contributed by atoms with Gasteiger partial charge in [-0.05, 0) is 12.5 Å². The number of aliphatic hydroxyl groups is 1. The number of rotatable bonds is 4. The Bertz CT molecular complexity index is 530. The number of benzene rings is 1. The summed E-state index contributed by atoms with van der Waals surface area (Å²) in [4.78, 5) is 22.5. The number of esters is 1. The molecule has 0 heterocycles. The fourth-order valence-electron chi connectivity index (χ4n) is 1.66. The van der Waals surface area contributed by atoms with Crippen molar-refractivity contribution >= 4 is 11.9 Å². The number of carbonyl (C=O) groups is 2. The molecule has 5 nitrogen and oxygen atoms in total. The van der Waals surface area contributed by atoms with Gasteiger partial charge in [0.1, 0.15) is 6.10 Å². The van der Waals surface area contributed by atoms with Crippen molar-refractivity contribution in [3.63, 3.8) is 0 Å². The number of hydrogen-bond donors (Lipinski definition) is 2. The lowest BCUT2D eigenvalue weighted by atomic mass is 10.0. The molecule has 0 fully saturated rings. The molecule has 2 atom stereocenters. The topological polar surface area (TPSA) is 75.6 Å². The summed E-state index contributed by atoms with van der Waals surface area (Å²) in [6.07, 6.45) is -6.83. The quantitative estimate of drug-likeness (QED) is 0.821. The summed E-state index contributed by atoms with van der Waals surface area (Å²) in [5.41, 5.74) is 0.921. The number of nitrogens with one attached hydrogen (secondary N) is 1. The maximum absolute atomic E-state index is 12.3. The molecule has 0 saturated carbocycles. The van der Waals surface area contributed by atoms with Gasteiger partial charge < -0.3 is 15.2 Å². The molecule has 0 unspecified atom stereocenters. The van der Waals surface area contributed by atoms with Gasteiger partial charge in [0.25, 0.3) is 0 Å². The lowest BCUT2D eigenvalue weighted by molar-refractivity contribution is -0.177. The third kappa shape index (κ3) is 4.45. The Morgan fingerprint density at radius 1 is 1.33 bits per heavy atom. The summed E-state index contributed by atoms with van der Waals surface area (Å²) in [5.74, 6) is -3.51. The van der Waals surface area contributed by atoms with Gasteiger partial charge in [-0.3, -0.25) is 4.79 Å². The maximum atomic E-state index is 12.3. The zero-order valence-corrected chi connectivity index (χ0v) is 11.3. The van der Waals surface area contributed by atoms with Crippen LogP contribution in [0.25, 0.3) is 0 Å². The van der Waals surface area contributed by atoms with E-state index in [0.29, 0.717) is 0 Å². The van der Waals surface area contributed by atoms with Crippen molar-refractivity contribution in [3.8, 4) is 0 Å². The molecule has 116 valence electrons. The molecule has 0 saturated heterocycles. The number of halogens is 3. The molecule has 0 aliphatic heterocycles. The molecule has 0 aliphatic rings. The van der Waals surface area contributed by atoms with Crippen molar-refractivity contribution < 1.29 is 32.6 Å². The largest absolute Gasteiger partial charge is 0.471 e. The highest BCUT2D eigenvalue weighted by Gasteiger charge is 2.42. The minimum absolute atomic E-state index is 0.188. The Kier molecular flexibility index (Phi) is 5.31. The number of alkyl halides is 3. The molecule has 1 aromatic carbocycles. The zero-order valence-electron chi connectivity index (χ0n) is 11.3. The summed E-state index contributed by atoms with van der Waals surface area (Å²) in [6, 6.07) is 4.32.